The fourth-order valence-electron chi connectivity index (χ4n) is 1.37. The van der Waals surface area contributed by atoms with Crippen LogP contribution in [0.2, 0.25) is 10.0 Å². The number of hydrogen-bond acceptors (Lipinski definition) is 5. The van der Waals surface area contributed by atoms with Gasteiger partial charge in [-0.15, -0.1) is 10.2 Å². The van der Waals surface area contributed by atoms with Crippen LogP contribution in [0.3, 0.4) is 0 Å². The van der Waals surface area contributed by atoms with Gasteiger partial charge in [0.1, 0.15) is 0 Å². The van der Waals surface area contributed by atoms with Crippen molar-refractivity contribution < 1.29 is 8.42 Å². The first-order chi connectivity index (χ1) is 9.33. The molecule has 2 rings (SSSR count). The van der Waals surface area contributed by atoms with Crippen LogP contribution in [0.4, 0.5) is 17.3 Å². The van der Waals surface area contributed by atoms with Gasteiger partial charge in [0, 0.05) is 5.02 Å². The van der Waals surface area contributed by atoms with Crippen molar-refractivity contribution in [3.8, 4) is 0 Å². The molecule has 0 spiro atoms. The van der Waals surface area contributed by atoms with Crippen LogP contribution < -0.4 is 10.0 Å². The summed E-state index contributed by atoms with van der Waals surface area (Å²) in [7, 11) is -3.37. The highest BCUT2D eigenvalue weighted by Crippen LogP contribution is 2.27. The summed E-state index contributed by atoms with van der Waals surface area (Å²) in [6, 6.07) is 8.04. The second-order valence-corrected chi connectivity index (χ2v) is 6.52. The first-order valence-electron chi connectivity index (χ1n) is 5.37. The molecule has 0 saturated heterocycles. The van der Waals surface area contributed by atoms with E-state index < -0.39 is 10.0 Å². The molecule has 0 atom stereocenters. The molecule has 6 nitrogen and oxygen atoms in total. The Balaban J connectivity index is 2.14. The third kappa shape index (κ3) is 4.22. The number of nitrogens with zero attached hydrogens (tertiary/aromatic N) is 2. The Labute approximate surface area is 126 Å². The molecule has 0 unspecified atom stereocenters. The molecule has 0 radical (unpaired) electrons. The molecule has 0 aliphatic heterocycles. The van der Waals surface area contributed by atoms with Crippen molar-refractivity contribution in [2.45, 2.75) is 0 Å². The van der Waals surface area contributed by atoms with Gasteiger partial charge in [-0.1, -0.05) is 23.2 Å². The molecule has 1 aromatic carbocycles. The van der Waals surface area contributed by atoms with Crippen molar-refractivity contribution in [2.24, 2.45) is 0 Å². The van der Waals surface area contributed by atoms with Crippen LogP contribution in [-0.4, -0.2) is 24.9 Å². The summed E-state index contributed by atoms with van der Waals surface area (Å²) < 4.78 is 24.3. The highest BCUT2D eigenvalue weighted by Gasteiger charge is 2.06. The van der Waals surface area contributed by atoms with E-state index in [1.165, 1.54) is 6.07 Å². The molecule has 0 aliphatic carbocycles. The quantitative estimate of drug-likeness (QED) is 0.899. The van der Waals surface area contributed by atoms with Gasteiger partial charge in [0.2, 0.25) is 10.0 Å². The first-order valence-corrected chi connectivity index (χ1v) is 8.02. The Morgan fingerprint density at radius 1 is 1.05 bits per heavy atom. The molecule has 1 aromatic heterocycles. The Bertz CT molecular complexity index is 720. The van der Waals surface area contributed by atoms with E-state index in [0.29, 0.717) is 21.6 Å². The zero-order valence-corrected chi connectivity index (χ0v) is 12.6. The lowest BCUT2D eigenvalue weighted by Crippen LogP contribution is -2.11. The number of nitrogens with one attached hydrogen (secondary N) is 2. The monoisotopic (exact) mass is 332 g/mol. The number of sulfonamides is 1. The molecule has 0 saturated carbocycles. The average Bonchev–Trinajstić information content (AvgIpc) is 2.33. The molecule has 1 heterocycles. The molecule has 0 amide bonds. The molecule has 2 aromatic rings. The van der Waals surface area contributed by atoms with Crippen LogP contribution in [0.15, 0.2) is 30.3 Å². The average molecular weight is 333 g/mol. The summed E-state index contributed by atoms with van der Waals surface area (Å²) in [5, 5.41) is 11.5. The summed E-state index contributed by atoms with van der Waals surface area (Å²) in [5.74, 6) is 0.563. The van der Waals surface area contributed by atoms with Gasteiger partial charge in [0.25, 0.3) is 0 Å². The number of hydrogen-bond donors (Lipinski definition) is 2. The number of anilines is 3. The summed E-state index contributed by atoms with van der Waals surface area (Å²) in [4.78, 5) is 0. The Morgan fingerprint density at radius 2 is 1.70 bits per heavy atom. The van der Waals surface area contributed by atoms with Gasteiger partial charge in [0.15, 0.2) is 11.6 Å². The van der Waals surface area contributed by atoms with Gasteiger partial charge in [0.05, 0.1) is 17.0 Å². The van der Waals surface area contributed by atoms with Gasteiger partial charge in [-0.25, -0.2) is 8.42 Å². The van der Waals surface area contributed by atoms with Crippen molar-refractivity contribution >= 4 is 50.5 Å². The molecular weight excluding hydrogens is 323 g/mol. The highest BCUT2D eigenvalue weighted by atomic mass is 35.5. The minimum atomic E-state index is -3.37. The number of rotatable bonds is 4. The van der Waals surface area contributed by atoms with Gasteiger partial charge in [-0.2, -0.15) is 0 Å². The maximum atomic E-state index is 11.0. The van der Waals surface area contributed by atoms with Crippen LogP contribution in [0.25, 0.3) is 0 Å². The summed E-state index contributed by atoms with van der Waals surface area (Å²) in [5.41, 5.74) is 0.620. The number of halogens is 2. The molecule has 9 heteroatoms. The van der Waals surface area contributed by atoms with E-state index in [0.717, 1.165) is 6.26 Å². The standard InChI is InChI=1S/C11H10Cl2N4O2S/c1-20(18,19)17-11-5-4-10(15-16-11)14-9-3-2-7(12)6-8(9)13/h2-6H,1H3,(H,14,15)(H,16,17). The van der Waals surface area contributed by atoms with Crippen LogP contribution in [0.1, 0.15) is 0 Å². The largest absolute Gasteiger partial charge is 0.338 e. The van der Waals surface area contributed by atoms with E-state index in [2.05, 4.69) is 20.2 Å². The molecule has 0 bridgehead atoms. The summed E-state index contributed by atoms with van der Waals surface area (Å²) >= 11 is 11.8. The minimum Gasteiger partial charge on any atom is -0.338 e. The number of aromatic nitrogens is 2. The Hall–Kier alpha value is -1.57. The SMILES string of the molecule is CS(=O)(=O)Nc1ccc(Nc2ccc(Cl)cc2Cl)nn1. The van der Waals surface area contributed by atoms with Crippen molar-refractivity contribution in [3.05, 3.63) is 40.4 Å². The zero-order valence-electron chi connectivity index (χ0n) is 10.3. The predicted octanol–water partition coefficient (Wildman–Crippen LogP) is 2.90. The molecule has 0 fully saturated rings. The molecule has 2 N–H and O–H groups in total. The summed E-state index contributed by atoms with van der Waals surface area (Å²) in [6.07, 6.45) is 1.04. The second kappa shape index (κ2) is 5.82. The zero-order chi connectivity index (χ0) is 14.8. The van der Waals surface area contributed by atoms with Gasteiger partial charge in [-0.05, 0) is 30.3 Å². The van der Waals surface area contributed by atoms with E-state index in [1.54, 1.807) is 24.3 Å². The van der Waals surface area contributed by atoms with E-state index in [9.17, 15) is 8.42 Å². The van der Waals surface area contributed by atoms with Crippen LogP contribution in [0.5, 0.6) is 0 Å². The first kappa shape index (κ1) is 14.8. The van der Waals surface area contributed by atoms with Crippen molar-refractivity contribution in [1.29, 1.82) is 0 Å². The van der Waals surface area contributed by atoms with Crippen molar-refractivity contribution in [3.63, 3.8) is 0 Å². The molecular formula is C11H10Cl2N4O2S. The van der Waals surface area contributed by atoms with Crippen LogP contribution >= 0.6 is 23.2 Å². The topological polar surface area (TPSA) is 84.0 Å². The van der Waals surface area contributed by atoms with Crippen molar-refractivity contribution in [1.82, 2.24) is 10.2 Å². The molecule has 20 heavy (non-hydrogen) atoms. The highest BCUT2D eigenvalue weighted by molar-refractivity contribution is 7.92. The number of benzene rings is 1. The van der Waals surface area contributed by atoms with E-state index in [4.69, 9.17) is 23.2 Å². The normalized spacial score (nSPS) is 11.2. The lowest BCUT2D eigenvalue weighted by atomic mass is 10.3. The third-order valence-electron chi connectivity index (χ3n) is 2.15. The van der Waals surface area contributed by atoms with Crippen LogP contribution in [-0.2, 0) is 10.0 Å². The van der Waals surface area contributed by atoms with Gasteiger partial charge < -0.3 is 5.32 Å². The van der Waals surface area contributed by atoms with Crippen molar-refractivity contribution in [2.75, 3.05) is 16.3 Å². The third-order valence-corrected chi connectivity index (χ3v) is 3.28. The minimum absolute atomic E-state index is 0.139. The maximum absolute atomic E-state index is 11.0. The van der Waals surface area contributed by atoms with Crippen LogP contribution in [0, 0.1) is 0 Å². The lowest BCUT2D eigenvalue weighted by molar-refractivity contribution is 0.606. The van der Waals surface area contributed by atoms with E-state index in [1.807, 2.05) is 0 Å². The smallest absolute Gasteiger partial charge is 0.231 e. The van der Waals surface area contributed by atoms with E-state index in [-0.39, 0.29) is 5.82 Å². The van der Waals surface area contributed by atoms with Gasteiger partial charge in [-0.3, -0.25) is 4.72 Å². The predicted molar refractivity (Wildman–Crippen MR) is 80.2 cm³/mol. The fourth-order valence-corrected chi connectivity index (χ4v) is 2.32. The molecule has 0 aliphatic rings. The fraction of sp³-hybridized carbons (Fsp3) is 0.0909. The maximum Gasteiger partial charge on any atom is 0.231 e. The molecule has 106 valence electrons. The Kier molecular flexibility index (Phi) is 4.32. The second-order valence-electron chi connectivity index (χ2n) is 3.93. The lowest BCUT2D eigenvalue weighted by Gasteiger charge is -2.08. The summed E-state index contributed by atoms with van der Waals surface area (Å²) in [6.45, 7) is 0. The van der Waals surface area contributed by atoms with Gasteiger partial charge >= 0.3 is 0 Å². The Morgan fingerprint density at radius 3 is 2.25 bits per heavy atom. The van der Waals surface area contributed by atoms with E-state index >= 15 is 0 Å².